The molecule has 0 saturated heterocycles. The van der Waals surface area contributed by atoms with E-state index in [1.165, 1.54) is 131 Å². The van der Waals surface area contributed by atoms with Crippen LogP contribution in [0, 0.1) is 0 Å². The van der Waals surface area contributed by atoms with Gasteiger partial charge in [-0.25, -0.2) is 0 Å². The molecule has 1 heterocycles. The lowest BCUT2D eigenvalue weighted by molar-refractivity contribution is 1.18. The Hall–Kier alpha value is -8.78. The molecule has 0 unspecified atom stereocenters. The average Bonchev–Trinajstić information content (AvgIpc) is 3.73. The largest absolute Gasteiger partial charge is 0.309 e. The first kappa shape index (κ1) is 37.6. The van der Waals surface area contributed by atoms with E-state index in [9.17, 15) is 0 Å². The molecular weight excluding hydrogens is 807 g/mol. The number of aromatic nitrogens is 1. The van der Waals surface area contributed by atoms with E-state index >= 15 is 0 Å². The summed E-state index contributed by atoms with van der Waals surface area (Å²) in [6, 6.07) is 92.2. The molecule has 0 radical (unpaired) electrons. The number of rotatable bonds is 5. The molecule has 0 aliphatic heterocycles. The SMILES string of the molecule is c1ccc(-c2cccc(-c3ccc(-n4c5ccccc5c5cc(-c6ccc(-c7ccc8c(c7)c7cccc9c%10cc%11ccccc%11cc%10c%10ccccc%10c8cc79)cc6)ccc54)cc3)c2)cc1. The first-order valence-corrected chi connectivity index (χ1v) is 23.2. The molecule has 0 saturated carbocycles. The average molecular weight is 848 g/mol. The van der Waals surface area contributed by atoms with Crippen LogP contribution in [-0.2, 0) is 0 Å². The van der Waals surface area contributed by atoms with E-state index in [4.69, 9.17) is 0 Å². The van der Waals surface area contributed by atoms with Gasteiger partial charge >= 0.3 is 0 Å². The van der Waals surface area contributed by atoms with Gasteiger partial charge in [-0.15, -0.1) is 0 Å². The molecule has 310 valence electrons. The maximum absolute atomic E-state index is 2.44. The Morgan fingerprint density at radius 1 is 0.179 bits per heavy atom. The summed E-state index contributed by atoms with van der Waals surface area (Å²) >= 11 is 0. The third-order valence-electron chi connectivity index (χ3n) is 14.3. The van der Waals surface area contributed by atoms with Crippen molar-refractivity contribution in [2.75, 3.05) is 0 Å². The molecule has 67 heavy (non-hydrogen) atoms. The van der Waals surface area contributed by atoms with Crippen LogP contribution >= 0.6 is 0 Å². The van der Waals surface area contributed by atoms with Crippen molar-refractivity contribution in [3.05, 3.63) is 249 Å². The Kier molecular flexibility index (Phi) is 8.35. The van der Waals surface area contributed by atoms with Crippen LogP contribution in [0.5, 0.6) is 0 Å². The van der Waals surface area contributed by atoms with Gasteiger partial charge in [0, 0.05) is 16.5 Å². The van der Waals surface area contributed by atoms with Crippen molar-refractivity contribution < 1.29 is 0 Å². The summed E-state index contributed by atoms with van der Waals surface area (Å²) in [5, 5.41) is 17.8. The quantitative estimate of drug-likeness (QED) is 0.152. The second-order valence-corrected chi connectivity index (χ2v) is 18.0. The van der Waals surface area contributed by atoms with E-state index in [0.717, 1.165) is 5.69 Å². The fourth-order valence-electron chi connectivity index (χ4n) is 11.1. The van der Waals surface area contributed by atoms with Gasteiger partial charge in [0.25, 0.3) is 0 Å². The van der Waals surface area contributed by atoms with E-state index in [0.29, 0.717) is 0 Å². The van der Waals surface area contributed by atoms with Crippen molar-refractivity contribution in [2.24, 2.45) is 0 Å². The zero-order valence-electron chi connectivity index (χ0n) is 36.6. The lowest BCUT2D eigenvalue weighted by Gasteiger charge is -2.15. The first-order valence-electron chi connectivity index (χ1n) is 23.2. The van der Waals surface area contributed by atoms with Gasteiger partial charge in [0.05, 0.1) is 11.0 Å². The van der Waals surface area contributed by atoms with Crippen molar-refractivity contribution in [1.82, 2.24) is 4.57 Å². The van der Waals surface area contributed by atoms with Gasteiger partial charge in [-0.1, -0.05) is 188 Å². The Morgan fingerprint density at radius 3 is 1.19 bits per heavy atom. The first-order chi connectivity index (χ1) is 33.2. The normalized spacial score (nSPS) is 11.9. The molecule has 0 aliphatic rings. The summed E-state index contributed by atoms with van der Waals surface area (Å²) < 4.78 is 2.40. The Balaban J connectivity index is 0.842. The van der Waals surface area contributed by atoms with Crippen LogP contribution in [-0.4, -0.2) is 4.57 Å². The predicted molar refractivity (Wildman–Crippen MR) is 288 cm³/mol. The number of benzene rings is 12. The third kappa shape index (κ3) is 6.02. The van der Waals surface area contributed by atoms with Crippen LogP contribution in [0.25, 0.3) is 137 Å². The number of hydrogen-bond donors (Lipinski definition) is 0. The zero-order valence-corrected chi connectivity index (χ0v) is 36.6. The molecule has 13 aromatic carbocycles. The van der Waals surface area contributed by atoms with E-state index in [2.05, 4.69) is 253 Å². The summed E-state index contributed by atoms with van der Waals surface area (Å²) in [5.74, 6) is 0. The Morgan fingerprint density at radius 2 is 0.552 bits per heavy atom. The molecule has 0 aliphatic carbocycles. The van der Waals surface area contributed by atoms with Crippen LogP contribution in [0.15, 0.2) is 249 Å². The Bertz CT molecular complexity index is 4290. The lowest BCUT2D eigenvalue weighted by Crippen LogP contribution is -1.93. The minimum atomic E-state index is 1.15. The molecule has 1 aromatic heterocycles. The standard InChI is InChI=1S/C66H41N/c1-2-12-42(13-3-1)46-16-10-17-47(36-46)45-28-32-52(33-29-45)67-65-23-9-8-20-58(65)64-40-51(31-35-66(64)67)44-26-24-43(25-27-44)50-30-34-57-59(39-50)55-21-11-22-56-61-38-49-15-5-4-14-48(49)37-60(61)53-18-6-7-19-54(53)62(57)41-63(55)56/h1-41H. The second-order valence-electron chi connectivity index (χ2n) is 18.0. The molecular formula is C66H41N. The van der Waals surface area contributed by atoms with E-state index in [1.807, 2.05) is 0 Å². The molecule has 0 fully saturated rings. The van der Waals surface area contributed by atoms with Crippen molar-refractivity contribution in [3.63, 3.8) is 0 Å². The lowest BCUT2D eigenvalue weighted by atomic mass is 9.88. The van der Waals surface area contributed by atoms with Crippen LogP contribution in [0.4, 0.5) is 0 Å². The maximum atomic E-state index is 2.44. The summed E-state index contributed by atoms with van der Waals surface area (Å²) in [7, 11) is 0. The molecule has 0 atom stereocenters. The molecule has 4 bridgehead atoms. The Labute approximate surface area is 388 Å². The summed E-state index contributed by atoms with van der Waals surface area (Å²) in [5.41, 5.74) is 13.3. The van der Waals surface area contributed by atoms with Crippen molar-refractivity contribution in [2.45, 2.75) is 0 Å². The minimum absolute atomic E-state index is 1.15. The summed E-state index contributed by atoms with van der Waals surface area (Å²) in [6.07, 6.45) is 0. The highest BCUT2D eigenvalue weighted by Crippen LogP contribution is 2.43. The molecule has 1 nitrogen and oxygen atoms in total. The highest BCUT2D eigenvalue weighted by Gasteiger charge is 2.16. The number of hydrogen-bond acceptors (Lipinski definition) is 0. The highest BCUT2D eigenvalue weighted by molar-refractivity contribution is 6.31. The van der Waals surface area contributed by atoms with Gasteiger partial charge in [-0.3, -0.25) is 0 Å². The van der Waals surface area contributed by atoms with Gasteiger partial charge in [0.1, 0.15) is 0 Å². The third-order valence-corrected chi connectivity index (χ3v) is 14.3. The van der Waals surface area contributed by atoms with Crippen LogP contribution in [0.1, 0.15) is 0 Å². The zero-order chi connectivity index (χ0) is 44.0. The van der Waals surface area contributed by atoms with Gasteiger partial charge in [-0.05, 0) is 170 Å². The molecule has 14 aromatic rings. The molecule has 14 rings (SSSR count). The number of para-hydroxylation sites is 1. The van der Waals surface area contributed by atoms with Gasteiger partial charge in [0.2, 0.25) is 0 Å². The predicted octanol–water partition coefficient (Wildman–Crippen LogP) is 18.4. The van der Waals surface area contributed by atoms with Gasteiger partial charge in [-0.2, -0.15) is 0 Å². The topological polar surface area (TPSA) is 4.93 Å². The van der Waals surface area contributed by atoms with E-state index in [-0.39, 0.29) is 0 Å². The van der Waals surface area contributed by atoms with Crippen LogP contribution in [0.3, 0.4) is 0 Å². The second kappa shape index (κ2) is 14.9. The van der Waals surface area contributed by atoms with Gasteiger partial charge in [0.15, 0.2) is 0 Å². The number of fused-ring (bicyclic) bond motifs is 9. The molecule has 0 spiro atoms. The molecule has 1 heteroatoms. The summed E-state index contributed by atoms with van der Waals surface area (Å²) in [6.45, 7) is 0. The molecule has 0 amide bonds. The number of nitrogens with zero attached hydrogens (tertiary/aromatic N) is 1. The fourth-order valence-corrected chi connectivity index (χ4v) is 11.1. The van der Waals surface area contributed by atoms with Crippen molar-refractivity contribution in [3.8, 4) is 50.2 Å². The van der Waals surface area contributed by atoms with E-state index < -0.39 is 0 Å². The summed E-state index contributed by atoms with van der Waals surface area (Å²) in [4.78, 5) is 0. The van der Waals surface area contributed by atoms with Gasteiger partial charge < -0.3 is 4.57 Å². The van der Waals surface area contributed by atoms with E-state index in [1.54, 1.807) is 0 Å². The smallest absolute Gasteiger partial charge is 0.0541 e. The van der Waals surface area contributed by atoms with Crippen molar-refractivity contribution >= 4 is 86.4 Å². The monoisotopic (exact) mass is 847 g/mol. The fraction of sp³-hybridized carbons (Fsp3) is 0. The maximum Gasteiger partial charge on any atom is 0.0541 e. The van der Waals surface area contributed by atoms with Crippen LogP contribution in [0.2, 0.25) is 0 Å². The van der Waals surface area contributed by atoms with Crippen LogP contribution < -0.4 is 0 Å². The molecule has 0 N–H and O–H groups in total. The van der Waals surface area contributed by atoms with Crippen molar-refractivity contribution in [1.29, 1.82) is 0 Å². The highest BCUT2D eigenvalue weighted by atomic mass is 15.0. The minimum Gasteiger partial charge on any atom is -0.309 e.